The highest BCUT2D eigenvalue weighted by Gasteiger charge is 2.34. The van der Waals surface area contributed by atoms with Crippen LogP contribution in [0.25, 0.3) is 0 Å². The van der Waals surface area contributed by atoms with Gasteiger partial charge in [-0.05, 0) is 82.4 Å². The molecule has 38 heavy (non-hydrogen) atoms. The second-order valence-corrected chi connectivity index (χ2v) is 11.6. The summed E-state index contributed by atoms with van der Waals surface area (Å²) in [5.74, 6) is 0.717. The van der Waals surface area contributed by atoms with Gasteiger partial charge in [-0.25, -0.2) is 0 Å². The van der Waals surface area contributed by atoms with Gasteiger partial charge in [-0.1, -0.05) is 17.7 Å². The molecule has 5 rings (SSSR count). The molecule has 0 radical (unpaired) electrons. The summed E-state index contributed by atoms with van der Waals surface area (Å²) in [6.45, 7) is 4.39. The van der Waals surface area contributed by atoms with Gasteiger partial charge in [0.15, 0.2) is 0 Å². The van der Waals surface area contributed by atoms with Crippen LogP contribution in [0.5, 0.6) is 0 Å². The number of halogens is 2. The topological polar surface area (TPSA) is 105 Å². The van der Waals surface area contributed by atoms with Crippen LogP contribution < -0.4 is 10.9 Å². The number of piperazine rings is 1. The Bertz CT molecular complexity index is 1140. The first-order chi connectivity index (χ1) is 18.4. The number of nitrogens with zero attached hydrogens (tertiary/aromatic N) is 4. The lowest BCUT2D eigenvalue weighted by molar-refractivity contribution is -0.134. The smallest absolute Gasteiger partial charge is 0.225 e. The fraction of sp³-hybridized carbons (Fsp3) is 0.481. The molecule has 0 bridgehead atoms. The molecule has 1 atom stereocenters. The maximum atomic E-state index is 13.2. The molecule has 3 heterocycles. The van der Waals surface area contributed by atoms with Crippen molar-refractivity contribution in [1.29, 1.82) is 5.41 Å². The van der Waals surface area contributed by atoms with Crippen LogP contribution in [0.1, 0.15) is 47.7 Å². The number of pyridine rings is 1. The average Bonchev–Trinajstić information content (AvgIpc) is 3.08. The maximum absolute atomic E-state index is 13.2. The number of aromatic nitrogens is 1. The van der Waals surface area contributed by atoms with Gasteiger partial charge in [0.1, 0.15) is 0 Å². The number of hydrogen-bond acceptors (Lipinski definition) is 5. The van der Waals surface area contributed by atoms with Gasteiger partial charge in [-0.3, -0.25) is 35.7 Å². The standard InChI is InChI=1S/C27H33BrClN7O2/c28-21-14-20-2-1-19-15-22(29)3-4-23(19)26(25(20)31-16-21)35-11-9-34(10-12-35)24(38)13-18-5-7-36(8-6-18)27(30)33-32-17-37/h3-4,14-18,26H,1-2,5-13H2,(H2,30,33)(H,32,37). The van der Waals surface area contributed by atoms with Crippen LogP contribution in [0, 0.1) is 11.3 Å². The Hall–Kier alpha value is -2.69. The fourth-order valence-corrected chi connectivity index (χ4v) is 6.50. The summed E-state index contributed by atoms with van der Waals surface area (Å²) in [7, 11) is 0. The quantitative estimate of drug-likeness (QED) is 0.210. The Morgan fingerprint density at radius 2 is 1.82 bits per heavy atom. The van der Waals surface area contributed by atoms with E-state index in [0.717, 1.165) is 54.0 Å². The van der Waals surface area contributed by atoms with Crippen molar-refractivity contribution in [1.82, 2.24) is 30.5 Å². The number of amides is 2. The number of fused-ring (bicyclic) bond motifs is 2. The number of benzene rings is 1. The highest BCUT2D eigenvalue weighted by molar-refractivity contribution is 9.10. The van der Waals surface area contributed by atoms with Crippen LogP contribution in [0.3, 0.4) is 0 Å². The summed E-state index contributed by atoms with van der Waals surface area (Å²) in [6.07, 6.45) is 6.51. The number of hydrazine groups is 1. The number of aryl methyl sites for hydroxylation is 2. The lowest BCUT2D eigenvalue weighted by atomic mass is 9.93. The first-order valence-corrected chi connectivity index (χ1v) is 14.3. The van der Waals surface area contributed by atoms with Gasteiger partial charge in [-0.15, -0.1) is 0 Å². The summed E-state index contributed by atoms with van der Waals surface area (Å²) < 4.78 is 0.992. The van der Waals surface area contributed by atoms with E-state index in [1.807, 2.05) is 22.1 Å². The van der Waals surface area contributed by atoms with Crippen LogP contribution in [0.15, 0.2) is 34.9 Å². The highest BCUT2D eigenvalue weighted by atomic mass is 79.9. The molecule has 2 fully saturated rings. The minimum absolute atomic E-state index is 0.0482. The van der Waals surface area contributed by atoms with E-state index in [-0.39, 0.29) is 17.9 Å². The summed E-state index contributed by atoms with van der Waals surface area (Å²) >= 11 is 9.96. The Morgan fingerprint density at radius 1 is 1.08 bits per heavy atom. The Kier molecular flexibility index (Phi) is 8.50. The Morgan fingerprint density at radius 3 is 2.55 bits per heavy atom. The summed E-state index contributed by atoms with van der Waals surface area (Å²) in [4.78, 5) is 34.9. The number of hydrogen-bond donors (Lipinski definition) is 3. The molecule has 1 unspecified atom stereocenters. The van der Waals surface area contributed by atoms with Crippen molar-refractivity contribution in [3.8, 4) is 0 Å². The molecule has 2 amide bonds. The van der Waals surface area contributed by atoms with Crippen molar-refractivity contribution in [2.45, 2.75) is 38.1 Å². The van der Waals surface area contributed by atoms with Crippen molar-refractivity contribution < 1.29 is 9.59 Å². The van der Waals surface area contributed by atoms with Crippen LogP contribution in [-0.2, 0) is 22.4 Å². The zero-order valence-corrected chi connectivity index (χ0v) is 23.6. The van der Waals surface area contributed by atoms with E-state index in [0.29, 0.717) is 44.9 Å². The second kappa shape index (κ2) is 12.0. The Labute approximate surface area is 236 Å². The third-order valence-electron chi connectivity index (χ3n) is 7.97. The molecule has 0 saturated carbocycles. The van der Waals surface area contributed by atoms with E-state index in [2.05, 4.69) is 49.9 Å². The van der Waals surface area contributed by atoms with Gasteiger partial charge < -0.3 is 9.80 Å². The minimum Gasteiger partial charge on any atom is -0.342 e. The van der Waals surface area contributed by atoms with Crippen LogP contribution in [0.4, 0.5) is 0 Å². The van der Waals surface area contributed by atoms with E-state index in [9.17, 15) is 9.59 Å². The molecule has 2 aromatic rings. The zero-order chi connectivity index (χ0) is 26.6. The monoisotopic (exact) mass is 601 g/mol. The number of carbonyl (C=O) groups excluding carboxylic acids is 2. The molecule has 2 aliphatic heterocycles. The molecule has 1 aromatic carbocycles. The lowest BCUT2D eigenvalue weighted by Gasteiger charge is -2.40. The summed E-state index contributed by atoms with van der Waals surface area (Å²) in [6, 6.07) is 8.44. The van der Waals surface area contributed by atoms with E-state index in [4.69, 9.17) is 22.0 Å². The fourth-order valence-electron chi connectivity index (χ4n) is 5.93. The third-order valence-corrected chi connectivity index (χ3v) is 8.63. The summed E-state index contributed by atoms with van der Waals surface area (Å²) in [5.41, 5.74) is 9.75. The normalized spacial score (nSPS) is 20.2. The first-order valence-electron chi connectivity index (χ1n) is 13.2. The molecule has 202 valence electrons. The van der Waals surface area contributed by atoms with Crippen LogP contribution in [0.2, 0.25) is 5.02 Å². The number of nitrogens with one attached hydrogen (secondary N) is 3. The van der Waals surface area contributed by atoms with Crippen molar-refractivity contribution in [2.24, 2.45) is 5.92 Å². The van der Waals surface area contributed by atoms with Crippen molar-refractivity contribution in [2.75, 3.05) is 39.3 Å². The summed E-state index contributed by atoms with van der Waals surface area (Å²) in [5, 5.41) is 8.74. The van der Waals surface area contributed by atoms with Crippen molar-refractivity contribution in [3.05, 3.63) is 62.3 Å². The van der Waals surface area contributed by atoms with E-state index < -0.39 is 0 Å². The van der Waals surface area contributed by atoms with Gasteiger partial charge in [-0.2, -0.15) is 0 Å². The molecule has 11 heteroatoms. The molecule has 3 N–H and O–H groups in total. The molecular formula is C27H33BrClN7O2. The molecule has 9 nitrogen and oxygen atoms in total. The molecule has 3 aliphatic rings. The van der Waals surface area contributed by atoms with E-state index in [1.54, 1.807) is 0 Å². The average molecular weight is 603 g/mol. The maximum Gasteiger partial charge on any atom is 0.225 e. The van der Waals surface area contributed by atoms with Gasteiger partial charge in [0.2, 0.25) is 18.3 Å². The van der Waals surface area contributed by atoms with Crippen LogP contribution >= 0.6 is 27.5 Å². The van der Waals surface area contributed by atoms with Gasteiger partial charge in [0.05, 0.1) is 11.7 Å². The Balaban J connectivity index is 1.21. The van der Waals surface area contributed by atoms with Gasteiger partial charge >= 0.3 is 0 Å². The highest BCUT2D eigenvalue weighted by Crippen LogP contribution is 2.38. The number of rotatable bonds is 5. The molecule has 2 saturated heterocycles. The number of likely N-dealkylation sites (tertiary alicyclic amines) is 1. The van der Waals surface area contributed by atoms with E-state index in [1.165, 1.54) is 16.7 Å². The number of piperidine rings is 1. The van der Waals surface area contributed by atoms with Gasteiger partial charge in [0.25, 0.3) is 0 Å². The van der Waals surface area contributed by atoms with Crippen molar-refractivity contribution in [3.63, 3.8) is 0 Å². The number of guanidine groups is 1. The van der Waals surface area contributed by atoms with Gasteiger partial charge in [0, 0.05) is 61.4 Å². The molecule has 1 aliphatic carbocycles. The van der Waals surface area contributed by atoms with Crippen molar-refractivity contribution >= 4 is 45.8 Å². The number of carbonyl (C=O) groups is 2. The SMILES string of the molecule is N=C(NNC=O)N1CCC(CC(=O)N2CCN(C3c4ccc(Cl)cc4CCc4cc(Br)cnc43)CC2)CC1. The third kappa shape index (κ3) is 5.97. The molecular weight excluding hydrogens is 570 g/mol. The van der Waals surface area contributed by atoms with E-state index >= 15 is 0 Å². The zero-order valence-electron chi connectivity index (χ0n) is 21.3. The van der Waals surface area contributed by atoms with Crippen LogP contribution in [-0.4, -0.2) is 77.2 Å². The molecule has 1 aromatic heterocycles. The predicted molar refractivity (Wildman–Crippen MR) is 150 cm³/mol. The second-order valence-electron chi connectivity index (χ2n) is 10.2. The lowest BCUT2D eigenvalue weighted by Crippen LogP contribution is -2.51. The minimum atomic E-state index is 0.0482. The predicted octanol–water partition coefficient (Wildman–Crippen LogP) is 3.12. The first kappa shape index (κ1) is 26.9. The largest absolute Gasteiger partial charge is 0.342 e. The molecule has 0 spiro atoms.